The van der Waals surface area contributed by atoms with Crippen LogP contribution in [0.25, 0.3) is 0 Å². The van der Waals surface area contributed by atoms with Gasteiger partial charge in [0.2, 0.25) is 0 Å². The third-order valence-electron chi connectivity index (χ3n) is 2.74. The van der Waals surface area contributed by atoms with E-state index in [1.54, 1.807) is 0 Å². The van der Waals surface area contributed by atoms with E-state index in [-0.39, 0.29) is 6.04 Å². The third kappa shape index (κ3) is 1.97. The van der Waals surface area contributed by atoms with Gasteiger partial charge < -0.3 is 5.32 Å². The van der Waals surface area contributed by atoms with E-state index in [0.717, 1.165) is 5.82 Å². The fourth-order valence-corrected chi connectivity index (χ4v) is 1.86. The summed E-state index contributed by atoms with van der Waals surface area (Å²) in [5.41, 5.74) is 3.74. The van der Waals surface area contributed by atoms with Gasteiger partial charge in [-0.1, -0.05) is 23.8 Å². The minimum atomic E-state index is 0.0717. The second kappa shape index (κ2) is 4.45. The summed E-state index contributed by atoms with van der Waals surface area (Å²) in [6, 6.07) is 6.50. The fraction of sp³-hybridized carbons (Fsp3) is 0.333. The predicted octanol–water partition coefficient (Wildman–Crippen LogP) is 1.73. The molecule has 0 fully saturated rings. The zero-order valence-electron chi connectivity index (χ0n) is 9.78. The number of hydrogen-bond acceptors (Lipinski definition) is 3. The molecule has 1 aromatic heterocycles. The second-order valence-corrected chi connectivity index (χ2v) is 3.95. The third-order valence-corrected chi connectivity index (χ3v) is 2.74. The van der Waals surface area contributed by atoms with Gasteiger partial charge >= 0.3 is 0 Å². The molecule has 16 heavy (non-hydrogen) atoms. The summed E-state index contributed by atoms with van der Waals surface area (Å²) < 4.78 is 0. The van der Waals surface area contributed by atoms with Gasteiger partial charge in [0, 0.05) is 0 Å². The predicted molar refractivity (Wildman–Crippen MR) is 63.2 cm³/mol. The van der Waals surface area contributed by atoms with Crippen LogP contribution in [0.4, 0.5) is 0 Å². The molecule has 4 nitrogen and oxygen atoms in total. The molecule has 0 saturated heterocycles. The minimum Gasteiger partial charge on any atom is -0.307 e. The Morgan fingerprint density at radius 2 is 2.12 bits per heavy atom. The number of aromatic amines is 1. The number of H-pyrrole nitrogens is 1. The summed E-state index contributed by atoms with van der Waals surface area (Å²) in [5.74, 6) is 0.844. The van der Waals surface area contributed by atoms with E-state index >= 15 is 0 Å². The first-order chi connectivity index (χ1) is 7.72. The summed E-state index contributed by atoms with van der Waals surface area (Å²) >= 11 is 0. The molecule has 1 atom stereocenters. The highest BCUT2D eigenvalue weighted by atomic mass is 15.2. The fourth-order valence-electron chi connectivity index (χ4n) is 1.86. The normalized spacial score (nSPS) is 12.7. The van der Waals surface area contributed by atoms with Crippen LogP contribution >= 0.6 is 0 Å². The van der Waals surface area contributed by atoms with Gasteiger partial charge in [0.1, 0.15) is 12.2 Å². The van der Waals surface area contributed by atoms with E-state index in [9.17, 15) is 0 Å². The Kier molecular flexibility index (Phi) is 3.01. The second-order valence-electron chi connectivity index (χ2n) is 3.95. The lowest BCUT2D eigenvalue weighted by Gasteiger charge is -2.16. The van der Waals surface area contributed by atoms with Crippen LogP contribution in [0, 0.1) is 13.8 Å². The molecule has 0 aliphatic rings. The van der Waals surface area contributed by atoms with Crippen molar-refractivity contribution < 1.29 is 0 Å². The van der Waals surface area contributed by atoms with Crippen LogP contribution in [0.5, 0.6) is 0 Å². The number of rotatable bonds is 3. The summed E-state index contributed by atoms with van der Waals surface area (Å²) in [5, 5.41) is 10.1. The first-order valence-corrected chi connectivity index (χ1v) is 5.32. The van der Waals surface area contributed by atoms with Crippen LogP contribution in [0.1, 0.15) is 28.6 Å². The monoisotopic (exact) mass is 216 g/mol. The Balaban J connectivity index is 2.44. The maximum Gasteiger partial charge on any atom is 0.145 e. The molecule has 1 unspecified atom stereocenters. The van der Waals surface area contributed by atoms with Crippen molar-refractivity contribution in [1.82, 2.24) is 20.5 Å². The maximum atomic E-state index is 4.21. The van der Waals surface area contributed by atoms with E-state index in [1.807, 2.05) is 7.05 Å². The van der Waals surface area contributed by atoms with Gasteiger partial charge in [-0.25, -0.2) is 4.98 Å². The van der Waals surface area contributed by atoms with E-state index in [1.165, 1.54) is 23.0 Å². The maximum absolute atomic E-state index is 4.21. The number of hydrogen-bond donors (Lipinski definition) is 2. The molecule has 0 bridgehead atoms. The Labute approximate surface area is 95.1 Å². The quantitative estimate of drug-likeness (QED) is 0.821. The number of benzene rings is 1. The summed E-state index contributed by atoms with van der Waals surface area (Å²) in [6.45, 7) is 4.20. The molecule has 2 aromatic rings. The van der Waals surface area contributed by atoms with E-state index in [4.69, 9.17) is 0 Å². The zero-order valence-corrected chi connectivity index (χ0v) is 9.78. The van der Waals surface area contributed by atoms with Crippen LogP contribution in [-0.2, 0) is 0 Å². The lowest BCUT2D eigenvalue weighted by atomic mass is 9.98. The molecule has 84 valence electrons. The van der Waals surface area contributed by atoms with Gasteiger partial charge in [-0.15, -0.1) is 0 Å². The number of nitrogens with one attached hydrogen (secondary N) is 2. The molecular formula is C12H16N4. The van der Waals surface area contributed by atoms with E-state index in [2.05, 4.69) is 52.5 Å². The zero-order chi connectivity index (χ0) is 11.5. The average Bonchev–Trinajstić information content (AvgIpc) is 2.78. The topological polar surface area (TPSA) is 53.6 Å². The first-order valence-electron chi connectivity index (χ1n) is 5.32. The van der Waals surface area contributed by atoms with Crippen LogP contribution in [0.3, 0.4) is 0 Å². The molecule has 0 spiro atoms. The van der Waals surface area contributed by atoms with Crippen molar-refractivity contribution in [1.29, 1.82) is 0 Å². The molecular weight excluding hydrogens is 200 g/mol. The molecule has 0 aliphatic heterocycles. The smallest absolute Gasteiger partial charge is 0.145 e. The summed E-state index contributed by atoms with van der Waals surface area (Å²) in [7, 11) is 1.93. The van der Waals surface area contributed by atoms with Gasteiger partial charge in [0.05, 0.1) is 6.04 Å². The van der Waals surface area contributed by atoms with Crippen molar-refractivity contribution in [2.24, 2.45) is 0 Å². The molecule has 0 amide bonds. The Morgan fingerprint density at radius 3 is 2.75 bits per heavy atom. The lowest BCUT2D eigenvalue weighted by molar-refractivity contribution is 0.646. The van der Waals surface area contributed by atoms with Crippen molar-refractivity contribution >= 4 is 0 Å². The lowest BCUT2D eigenvalue weighted by Crippen LogP contribution is -2.20. The van der Waals surface area contributed by atoms with Gasteiger partial charge in [-0.3, -0.25) is 5.10 Å². The van der Waals surface area contributed by atoms with E-state index in [0.29, 0.717) is 0 Å². The van der Waals surface area contributed by atoms with Crippen LogP contribution in [0.15, 0.2) is 24.5 Å². The molecule has 1 heterocycles. The molecule has 2 N–H and O–H groups in total. The number of nitrogens with zero attached hydrogens (tertiary/aromatic N) is 2. The molecule has 0 aliphatic carbocycles. The Hall–Kier alpha value is -1.68. The Bertz CT molecular complexity index is 462. The van der Waals surface area contributed by atoms with Gasteiger partial charge in [-0.05, 0) is 32.0 Å². The standard InChI is InChI=1S/C12H16N4/c1-8-4-5-9(2)10(6-8)11(13-3)12-14-7-15-16-12/h4-7,11,13H,1-3H3,(H,14,15,16). The van der Waals surface area contributed by atoms with Crippen molar-refractivity contribution in [2.75, 3.05) is 7.05 Å². The van der Waals surface area contributed by atoms with Gasteiger partial charge in [0.25, 0.3) is 0 Å². The molecule has 2 rings (SSSR count). The van der Waals surface area contributed by atoms with Gasteiger partial charge in [0.15, 0.2) is 0 Å². The van der Waals surface area contributed by atoms with Crippen molar-refractivity contribution in [3.8, 4) is 0 Å². The van der Waals surface area contributed by atoms with Crippen molar-refractivity contribution in [3.63, 3.8) is 0 Å². The van der Waals surface area contributed by atoms with Gasteiger partial charge in [-0.2, -0.15) is 5.10 Å². The highest BCUT2D eigenvalue weighted by Gasteiger charge is 2.16. The minimum absolute atomic E-state index is 0.0717. The summed E-state index contributed by atoms with van der Waals surface area (Å²) in [4.78, 5) is 4.21. The highest BCUT2D eigenvalue weighted by Crippen LogP contribution is 2.22. The average molecular weight is 216 g/mol. The first kappa shape index (κ1) is 10.8. The molecule has 4 heteroatoms. The largest absolute Gasteiger partial charge is 0.307 e. The SMILES string of the molecule is CNC(c1ncn[nH]1)c1cc(C)ccc1C. The summed E-state index contributed by atoms with van der Waals surface area (Å²) in [6.07, 6.45) is 1.53. The Morgan fingerprint density at radius 1 is 1.31 bits per heavy atom. The number of aromatic nitrogens is 3. The van der Waals surface area contributed by atoms with Crippen molar-refractivity contribution in [2.45, 2.75) is 19.9 Å². The number of aryl methyl sites for hydroxylation is 2. The highest BCUT2D eigenvalue weighted by molar-refractivity contribution is 5.35. The van der Waals surface area contributed by atoms with Crippen LogP contribution in [-0.4, -0.2) is 22.2 Å². The molecule has 0 saturated carbocycles. The van der Waals surface area contributed by atoms with E-state index < -0.39 is 0 Å². The molecule has 1 aromatic carbocycles. The molecule has 0 radical (unpaired) electrons. The van der Waals surface area contributed by atoms with Crippen LogP contribution < -0.4 is 5.32 Å². The van der Waals surface area contributed by atoms with Crippen molar-refractivity contribution in [3.05, 3.63) is 47.0 Å². The van der Waals surface area contributed by atoms with Crippen LogP contribution in [0.2, 0.25) is 0 Å².